The van der Waals surface area contributed by atoms with Crippen molar-refractivity contribution in [3.63, 3.8) is 0 Å². The zero-order valence-corrected chi connectivity index (χ0v) is 33.4. The van der Waals surface area contributed by atoms with Crippen molar-refractivity contribution in [3.05, 3.63) is 211 Å². The molecule has 11 rings (SSSR count). The molecule has 0 radical (unpaired) electrons. The smallest absolute Gasteiger partial charge is 0.164 e. The lowest BCUT2D eigenvalue weighted by molar-refractivity contribution is 0.353. The Bertz CT molecular complexity index is 2960. The Morgan fingerprint density at radius 2 is 0.683 bits per heavy atom. The van der Waals surface area contributed by atoms with Crippen LogP contribution in [0.3, 0.4) is 0 Å². The number of nitrogens with zero attached hydrogens (tertiary/aromatic N) is 3. The predicted molar refractivity (Wildman–Crippen MR) is 247 cm³/mol. The number of benzene rings is 8. The van der Waals surface area contributed by atoms with Crippen LogP contribution in [0.1, 0.15) is 43.2 Å². The van der Waals surface area contributed by atoms with E-state index in [0.717, 1.165) is 38.9 Å². The summed E-state index contributed by atoms with van der Waals surface area (Å²) in [6.07, 6.45) is 6.46. The Kier molecular flexibility index (Phi) is 9.08. The van der Waals surface area contributed by atoms with Crippen molar-refractivity contribution in [2.75, 3.05) is 0 Å². The lowest BCUT2D eigenvalue weighted by atomic mass is 9.68. The van der Waals surface area contributed by atoms with E-state index in [1.165, 1.54) is 76.6 Å². The van der Waals surface area contributed by atoms with Crippen LogP contribution in [0.25, 0.3) is 89.8 Å². The van der Waals surface area contributed by atoms with Crippen LogP contribution in [0.15, 0.2) is 200 Å². The van der Waals surface area contributed by atoms with Gasteiger partial charge in [-0.1, -0.05) is 213 Å². The van der Waals surface area contributed by atoms with E-state index in [-0.39, 0.29) is 5.41 Å². The van der Waals surface area contributed by atoms with Gasteiger partial charge in [-0.3, -0.25) is 0 Å². The molecule has 9 aromatic rings. The Hall–Kier alpha value is -7.23. The normalized spacial score (nSPS) is 13.8. The molecule has 0 N–H and O–H groups in total. The second kappa shape index (κ2) is 15.2. The van der Waals surface area contributed by atoms with Crippen molar-refractivity contribution in [1.29, 1.82) is 0 Å². The average Bonchev–Trinajstić information content (AvgIpc) is 3.60. The SMILES string of the molecule is c1ccc(-c2cccc(-c3nc(-c4ccccc4)nc(-c4ccc(-c5ccc(-c6ccc(-c7cccc8c7-c7ccccc7C87CCCCC7)cc6)cc5)cc4)n3)c2)cc1. The lowest BCUT2D eigenvalue weighted by Crippen LogP contribution is -2.27. The minimum Gasteiger partial charge on any atom is -0.208 e. The van der Waals surface area contributed by atoms with Crippen molar-refractivity contribution in [2.45, 2.75) is 37.5 Å². The van der Waals surface area contributed by atoms with E-state index in [4.69, 9.17) is 15.0 Å². The van der Waals surface area contributed by atoms with Gasteiger partial charge in [0, 0.05) is 22.1 Å². The molecular weight excluding hydrogens is 727 g/mol. The number of aromatic nitrogens is 3. The van der Waals surface area contributed by atoms with Gasteiger partial charge in [-0.2, -0.15) is 0 Å². The molecule has 0 amide bonds. The first-order chi connectivity index (χ1) is 29.7. The van der Waals surface area contributed by atoms with E-state index in [1.807, 2.05) is 36.4 Å². The van der Waals surface area contributed by atoms with Crippen molar-refractivity contribution < 1.29 is 0 Å². The summed E-state index contributed by atoms with van der Waals surface area (Å²) in [5, 5.41) is 0. The van der Waals surface area contributed by atoms with Gasteiger partial charge in [0.2, 0.25) is 0 Å². The van der Waals surface area contributed by atoms with Gasteiger partial charge in [0.05, 0.1) is 0 Å². The molecule has 2 aliphatic rings. The van der Waals surface area contributed by atoms with E-state index < -0.39 is 0 Å². The second-order valence-electron chi connectivity index (χ2n) is 16.3. The standard InChI is InChI=1S/C57H43N3/c1-4-14-39(15-5-1)47-18-12-19-48(38-47)56-59-54(45-16-6-2-7-17-45)58-55(60-56)46-34-30-43(31-35-46)41-26-24-40(25-27-41)42-28-32-44(33-29-42)49-21-13-23-52-53(49)50-20-8-9-22-51(50)57(52)36-10-3-11-37-57/h1-2,4-9,12-35,38H,3,10-11,36-37H2. The molecule has 0 aliphatic heterocycles. The fraction of sp³-hybridized carbons (Fsp3) is 0.105. The van der Waals surface area contributed by atoms with Gasteiger partial charge in [-0.25, -0.2) is 15.0 Å². The molecule has 0 saturated heterocycles. The summed E-state index contributed by atoms with van der Waals surface area (Å²) in [5.74, 6) is 1.95. The van der Waals surface area contributed by atoms with Gasteiger partial charge >= 0.3 is 0 Å². The molecule has 8 aromatic carbocycles. The van der Waals surface area contributed by atoms with Crippen molar-refractivity contribution in [2.24, 2.45) is 0 Å². The highest BCUT2D eigenvalue weighted by Crippen LogP contribution is 2.57. The number of hydrogen-bond acceptors (Lipinski definition) is 3. The highest BCUT2D eigenvalue weighted by atomic mass is 15.0. The van der Waals surface area contributed by atoms with Gasteiger partial charge < -0.3 is 0 Å². The third-order valence-electron chi connectivity index (χ3n) is 12.8. The highest BCUT2D eigenvalue weighted by molar-refractivity contribution is 5.93. The van der Waals surface area contributed by atoms with Gasteiger partial charge in [0.25, 0.3) is 0 Å². The van der Waals surface area contributed by atoms with E-state index in [1.54, 1.807) is 0 Å². The van der Waals surface area contributed by atoms with E-state index in [0.29, 0.717) is 17.5 Å². The minimum absolute atomic E-state index is 0.167. The fourth-order valence-corrected chi connectivity index (χ4v) is 9.77. The quantitative estimate of drug-likeness (QED) is 0.162. The molecule has 1 heterocycles. The van der Waals surface area contributed by atoms with Crippen LogP contribution in [-0.4, -0.2) is 15.0 Å². The summed E-state index contributed by atoms with van der Waals surface area (Å²) in [6.45, 7) is 0. The maximum Gasteiger partial charge on any atom is 0.164 e. The van der Waals surface area contributed by atoms with Crippen LogP contribution in [0.4, 0.5) is 0 Å². The van der Waals surface area contributed by atoms with Crippen molar-refractivity contribution in [3.8, 4) is 89.8 Å². The molecule has 3 heteroatoms. The van der Waals surface area contributed by atoms with Crippen molar-refractivity contribution >= 4 is 0 Å². The summed E-state index contributed by atoms with van der Waals surface area (Å²) in [6, 6.07) is 71.8. The molecule has 1 fully saturated rings. The summed E-state index contributed by atoms with van der Waals surface area (Å²) in [7, 11) is 0. The third-order valence-corrected chi connectivity index (χ3v) is 12.8. The summed E-state index contributed by atoms with van der Waals surface area (Å²) >= 11 is 0. The molecule has 1 spiro atoms. The number of rotatable bonds is 7. The van der Waals surface area contributed by atoms with E-state index in [2.05, 4.69) is 164 Å². The first kappa shape index (κ1) is 35.9. The first-order valence-electron chi connectivity index (χ1n) is 21.2. The van der Waals surface area contributed by atoms with E-state index >= 15 is 0 Å². The van der Waals surface area contributed by atoms with Gasteiger partial charge in [0.15, 0.2) is 17.5 Å². The first-order valence-corrected chi connectivity index (χ1v) is 21.2. The Morgan fingerprint density at radius 3 is 1.30 bits per heavy atom. The third kappa shape index (κ3) is 6.44. The molecular formula is C57H43N3. The Morgan fingerprint density at radius 1 is 0.283 bits per heavy atom. The number of fused-ring (bicyclic) bond motifs is 5. The molecule has 286 valence electrons. The molecule has 0 bridgehead atoms. The topological polar surface area (TPSA) is 38.7 Å². The van der Waals surface area contributed by atoms with Crippen LogP contribution in [-0.2, 0) is 5.41 Å². The van der Waals surface area contributed by atoms with Crippen LogP contribution < -0.4 is 0 Å². The molecule has 3 nitrogen and oxygen atoms in total. The summed E-state index contributed by atoms with van der Waals surface area (Å²) in [4.78, 5) is 15.0. The van der Waals surface area contributed by atoms with Crippen LogP contribution in [0.5, 0.6) is 0 Å². The molecule has 2 aliphatic carbocycles. The highest BCUT2D eigenvalue weighted by Gasteiger charge is 2.44. The van der Waals surface area contributed by atoms with E-state index in [9.17, 15) is 0 Å². The Balaban J connectivity index is 0.862. The second-order valence-corrected chi connectivity index (χ2v) is 16.3. The van der Waals surface area contributed by atoms with Crippen LogP contribution >= 0.6 is 0 Å². The molecule has 0 atom stereocenters. The summed E-state index contributed by atoms with van der Waals surface area (Å²) in [5.41, 5.74) is 18.6. The van der Waals surface area contributed by atoms with Crippen molar-refractivity contribution in [1.82, 2.24) is 15.0 Å². The zero-order chi connectivity index (χ0) is 39.9. The van der Waals surface area contributed by atoms with Crippen LogP contribution in [0, 0.1) is 0 Å². The van der Waals surface area contributed by atoms with Crippen LogP contribution in [0.2, 0.25) is 0 Å². The number of hydrogen-bond donors (Lipinski definition) is 0. The fourth-order valence-electron chi connectivity index (χ4n) is 9.77. The Labute approximate surface area is 352 Å². The monoisotopic (exact) mass is 769 g/mol. The lowest BCUT2D eigenvalue weighted by Gasteiger charge is -2.36. The molecule has 0 unspecified atom stereocenters. The maximum absolute atomic E-state index is 5.03. The average molecular weight is 770 g/mol. The molecule has 1 aromatic heterocycles. The predicted octanol–water partition coefficient (Wildman–Crippen LogP) is 14.8. The van der Waals surface area contributed by atoms with Gasteiger partial charge in [0.1, 0.15) is 0 Å². The molecule has 60 heavy (non-hydrogen) atoms. The minimum atomic E-state index is 0.167. The molecule has 1 saturated carbocycles. The zero-order valence-electron chi connectivity index (χ0n) is 33.4. The van der Waals surface area contributed by atoms with Gasteiger partial charge in [-0.05, 0) is 85.7 Å². The maximum atomic E-state index is 5.03. The largest absolute Gasteiger partial charge is 0.208 e. The van der Waals surface area contributed by atoms with Gasteiger partial charge in [-0.15, -0.1) is 0 Å². The summed E-state index contributed by atoms with van der Waals surface area (Å²) < 4.78 is 0.